The lowest BCUT2D eigenvalue weighted by atomic mass is 9.98. The first kappa shape index (κ1) is 35.0. The Morgan fingerprint density at radius 3 is 1.43 bits per heavy atom. The summed E-state index contributed by atoms with van der Waals surface area (Å²) in [6.07, 6.45) is -5.65. The molecule has 2 aromatic rings. The van der Waals surface area contributed by atoms with Crippen LogP contribution in [0.15, 0.2) is 29.1 Å². The standard InChI is InChI=1S/C31H50N2O11/c1-3-5-7-11-15-41-27-23(34)21(43-29(38)25(27)36)17-32-19-13-9-10-14-20(19)33(31(32)40)18-22-24(35)28(26(37)30(39)44-22)42-16-12-8-6-4-2/h9-10,13-14,21-30,34-39H,3-8,11-12,15-18H2,1-2H3/t21-,22+,23-,24-,25+,26-,27+,28-,29-,30+/m1/s1. The maximum Gasteiger partial charge on any atom is 0.329 e. The molecule has 6 N–H and O–H groups in total. The van der Waals surface area contributed by atoms with Crippen molar-refractivity contribution in [2.75, 3.05) is 13.2 Å². The Kier molecular flexibility index (Phi) is 13.2. The van der Waals surface area contributed by atoms with E-state index in [4.69, 9.17) is 18.9 Å². The van der Waals surface area contributed by atoms with Crippen molar-refractivity contribution in [3.63, 3.8) is 0 Å². The predicted molar refractivity (Wildman–Crippen MR) is 160 cm³/mol. The number of nitrogens with zero attached hydrogens (tertiary/aromatic N) is 2. The maximum absolute atomic E-state index is 13.8. The zero-order chi connectivity index (χ0) is 31.8. The Hall–Kier alpha value is -1.91. The van der Waals surface area contributed by atoms with Gasteiger partial charge in [0.15, 0.2) is 12.6 Å². The van der Waals surface area contributed by atoms with Gasteiger partial charge in [-0.15, -0.1) is 0 Å². The Balaban J connectivity index is 1.51. The van der Waals surface area contributed by atoms with Crippen molar-refractivity contribution in [2.24, 2.45) is 0 Å². The molecule has 4 rings (SSSR count). The molecule has 0 bridgehead atoms. The molecular weight excluding hydrogens is 576 g/mol. The molecule has 0 aliphatic carbocycles. The number of fused-ring (bicyclic) bond motifs is 1. The highest BCUT2D eigenvalue weighted by Crippen LogP contribution is 2.27. The van der Waals surface area contributed by atoms with Crippen molar-refractivity contribution in [3.05, 3.63) is 34.7 Å². The maximum atomic E-state index is 13.8. The van der Waals surface area contributed by atoms with Gasteiger partial charge in [0, 0.05) is 13.2 Å². The van der Waals surface area contributed by atoms with Crippen LogP contribution in [-0.2, 0) is 32.0 Å². The van der Waals surface area contributed by atoms with Gasteiger partial charge in [0.05, 0.1) is 24.1 Å². The third-order valence-corrected chi connectivity index (χ3v) is 8.59. The van der Waals surface area contributed by atoms with E-state index in [9.17, 15) is 35.4 Å². The summed E-state index contributed by atoms with van der Waals surface area (Å²) in [6, 6.07) is 6.93. The molecule has 2 aliphatic rings. The van der Waals surface area contributed by atoms with E-state index < -0.39 is 67.1 Å². The van der Waals surface area contributed by atoms with Crippen LogP contribution < -0.4 is 5.69 Å². The second kappa shape index (κ2) is 16.6. The van der Waals surface area contributed by atoms with Crippen LogP contribution in [0.1, 0.15) is 65.2 Å². The van der Waals surface area contributed by atoms with Crippen molar-refractivity contribution >= 4 is 11.0 Å². The number of benzene rings is 1. The van der Waals surface area contributed by atoms with E-state index in [2.05, 4.69) is 13.8 Å². The quantitative estimate of drug-likeness (QED) is 0.144. The summed E-state index contributed by atoms with van der Waals surface area (Å²) in [6.45, 7) is 4.45. The molecule has 0 saturated carbocycles. The van der Waals surface area contributed by atoms with Gasteiger partial charge in [-0.05, 0) is 25.0 Å². The third-order valence-electron chi connectivity index (χ3n) is 8.59. The Labute approximate surface area is 257 Å². The fourth-order valence-corrected chi connectivity index (χ4v) is 6.01. The minimum absolute atomic E-state index is 0.161. The van der Waals surface area contributed by atoms with E-state index >= 15 is 0 Å². The molecular formula is C31H50N2O11. The summed E-state index contributed by atoms with van der Waals surface area (Å²) in [4.78, 5) is 13.8. The highest BCUT2D eigenvalue weighted by atomic mass is 16.7. The molecule has 3 heterocycles. The summed E-state index contributed by atoms with van der Waals surface area (Å²) in [5.74, 6) is 0. The predicted octanol–water partition coefficient (Wildman–Crippen LogP) is 0.612. The summed E-state index contributed by atoms with van der Waals surface area (Å²) >= 11 is 0. The highest BCUT2D eigenvalue weighted by Gasteiger charge is 2.46. The summed E-state index contributed by atoms with van der Waals surface area (Å²) in [5.41, 5.74) is 0.495. The van der Waals surface area contributed by atoms with Gasteiger partial charge in [-0.25, -0.2) is 4.79 Å². The summed E-state index contributed by atoms with van der Waals surface area (Å²) in [5, 5.41) is 63.9. The normalized spacial score (nSPS) is 32.8. The van der Waals surface area contributed by atoms with E-state index in [-0.39, 0.29) is 13.1 Å². The van der Waals surface area contributed by atoms with Crippen LogP contribution in [0.4, 0.5) is 0 Å². The van der Waals surface area contributed by atoms with Gasteiger partial charge in [0.25, 0.3) is 0 Å². The Morgan fingerprint density at radius 2 is 1.05 bits per heavy atom. The molecule has 2 fully saturated rings. The van der Waals surface area contributed by atoms with Crippen molar-refractivity contribution in [2.45, 2.75) is 140 Å². The Bertz CT molecular complexity index is 1120. The first-order chi connectivity index (χ1) is 21.2. The molecule has 44 heavy (non-hydrogen) atoms. The monoisotopic (exact) mass is 626 g/mol. The highest BCUT2D eigenvalue weighted by molar-refractivity contribution is 5.76. The molecule has 13 nitrogen and oxygen atoms in total. The van der Waals surface area contributed by atoms with E-state index in [1.54, 1.807) is 24.3 Å². The third kappa shape index (κ3) is 8.08. The lowest BCUT2D eigenvalue weighted by Gasteiger charge is -2.40. The molecule has 10 atom stereocenters. The average Bonchev–Trinajstić information content (AvgIpc) is 3.27. The fraction of sp³-hybridized carbons (Fsp3) is 0.774. The van der Waals surface area contributed by atoms with Crippen LogP contribution in [0, 0.1) is 0 Å². The van der Waals surface area contributed by atoms with Crippen LogP contribution in [0.3, 0.4) is 0 Å². The van der Waals surface area contributed by atoms with Crippen LogP contribution in [0.5, 0.6) is 0 Å². The van der Waals surface area contributed by atoms with Gasteiger partial charge >= 0.3 is 5.69 Å². The molecule has 1 aromatic heterocycles. The smallest absolute Gasteiger partial charge is 0.329 e. The number of imidazole rings is 1. The summed E-state index contributed by atoms with van der Waals surface area (Å²) < 4.78 is 25.4. The van der Waals surface area contributed by atoms with Crippen LogP contribution in [0.25, 0.3) is 11.0 Å². The number of aromatic nitrogens is 2. The zero-order valence-corrected chi connectivity index (χ0v) is 25.7. The number of unbranched alkanes of at least 4 members (excludes halogenated alkanes) is 6. The molecule has 0 spiro atoms. The van der Waals surface area contributed by atoms with Gasteiger partial charge in [-0.2, -0.15) is 0 Å². The second-order valence-electron chi connectivity index (χ2n) is 11.9. The average molecular weight is 627 g/mol. The number of rotatable bonds is 16. The van der Waals surface area contributed by atoms with Gasteiger partial charge in [0.2, 0.25) is 0 Å². The first-order valence-corrected chi connectivity index (χ1v) is 16.0. The topological polar surface area (TPSA) is 185 Å². The first-order valence-electron chi connectivity index (χ1n) is 16.0. The largest absolute Gasteiger partial charge is 0.388 e. The fourth-order valence-electron chi connectivity index (χ4n) is 6.01. The molecule has 2 saturated heterocycles. The zero-order valence-electron chi connectivity index (χ0n) is 25.7. The van der Waals surface area contributed by atoms with Crippen LogP contribution in [-0.4, -0.2) is 114 Å². The number of hydrogen-bond acceptors (Lipinski definition) is 11. The van der Waals surface area contributed by atoms with Gasteiger partial charge in [-0.3, -0.25) is 9.13 Å². The number of hydrogen-bond donors (Lipinski definition) is 6. The Morgan fingerprint density at radius 1 is 0.636 bits per heavy atom. The SMILES string of the molecule is CCCCCCO[C@@H]1[C@H](O)[C@H](O)O[C@H](Cn2c(=O)n(C[C@@H]3O[C@H](O)[C@H](O)[C@H](OCCCCCC)[C@@H]3O)c3ccccc32)[C@H]1O. The van der Waals surface area contributed by atoms with Gasteiger partial charge in [0.1, 0.15) is 48.8 Å². The minimum Gasteiger partial charge on any atom is -0.388 e. The number of aliphatic hydroxyl groups excluding tert-OH is 6. The number of ether oxygens (including phenoxy) is 4. The van der Waals surface area contributed by atoms with E-state index in [0.29, 0.717) is 24.2 Å². The van der Waals surface area contributed by atoms with E-state index in [0.717, 1.165) is 51.4 Å². The van der Waals surface area contributed by atoms with E-state index in [1.165, 1.54) is 9.13 Å². The van der Waals surface area contributed by atoms with Crippen molar-refractivity contribution in [1.82, 2.24) is 9.13 Å². The molecule has 250 valence electrons. The van der Waals surface area contributed by atoms with Crippen molar-refractivity contribution < 1.29 is 49.6 Å². The molecule has 1 aromatic carbocycles. The summed E-state index contributed by atoms with van der Waals surface area (Å²) in [7, 11) is 0. The van der Waals surface area contributed by atoms with Crippen LogP contribution >= 0.6 is 0 Å². The van der Waals surface area contributed by atoms with Crippen LogP contribution in [0.2, 0.25) is 0 Å². The number of para-hydroxylation sites is 2. The molecule has 13 heteroatoms. The number of aliphatic hydroxyl groups is 6. The van der Waals surface area contributed by atoms with E-state index in [1.807, 2.05) is 0 Å². The molecule has 0 amide bonds. The van der Waals surface area contributed by atoms with Gasteiger partial charge < -0.3 is 49.6 Å². The van der Waals surface area contributed by atoms with Gasteiger partial charge in [-0.1, -0.05) is 64.5 Å². The molecule has 0 radical (unpaired) electrons. The molecule has 0 unspecified atom stereocenters. The van der Waals surface area contributed by atoms with Crippen molar-refractivity contribution in [3.8, 4) is 0 Å². The molecule has 2 aliphatic heterocycles. The minimum atomic E-state index is -1.62. The second-order valence-corrected chi connectivity index (χ2v) is 11.9. The lowest BCUT2D eigenvalue weighted by Crippen LogP contribution is -2.60. The van der Waals surface area contributed by atoms with Crippen molar-refractivity contribution in [1.29, 1.82) is 0 Å². The lowest BCUT2D eigenvalue weighted by molar-refractivity contribution is -0.292.